The third-order valence-electron chi connectivity index (χ3n) is 5.10. The molecular weight excluding hydrogens is 366 g/mol. The Kier molecular flexibility index (Phi) is 5.32. The van der Waals surface area contributed by atoms with Crippen molar-refractivity contribution >= 4 is 11.6 Å². The molecule has 1 N–H and O–H groups in total. The van der Waals surface area contributed by atoms with E-state index in [1.807, 2.05) is 18.2 Å². The van der Waals surface area contributed by atoms with Gasteiger partial charge in [0, 0.05) is 12.6 Å². The van der Waals surface area contributed by atoms with Crippen LogP contribution < -0.4 is 24.3 Å². The van der Waals surface area contributed by atoms with Gasteiger partial charge in [-0.15, -0.1) is 0 Å². The van der Waals surface area contributed by atoms with Gasteiger partial charge in [-0.3, -0.25) is 0 Å². The van der Waals surface area contributed by atoms with E-state index in [2.05, 4.69) is 17.4 Å². The first-order chi connectivity index (χ1) is 13.2. The SMILES string of the molecule is COc1ccc(CNC(c2ccc3c(c2)OCCO3)C2CC2)c(Cl)c1OC. The molecule has 0 aromatic heterocycles. The maximum absolute atomic E-state index is 6.53. The summed E-state index contributed by atoms with van der Waals surface area (Å²) in [6, 6.07) is 10.3. The van der Waals surface area contributed by atoms with Crippen LogP contribution in [0.25, 0.3) is 0 Å². The molecule has 2 aromatic carbocycles. The molecule has 5 nitrogen and oxygen atoms in total. The van der Waals surface area contributed by atoms with E-state index in [1.54, 1.807) is 14.2 Å². The molecule has 144 valence electrons. The lowest BCUT2D eigenvalue weighted by molar-refractivity contribution is 0.171. The Morgan fingerprint density at radius 2 is 1.85 bits per heavy atom. The Bertz CT molecular complexity index is 822. The van der Waals surface area contributed by atoms with Crippen LogP contribution in [0.1, 0.15) is 30.0 Å². The van der Waals surface area contributed by atoms with Crippen molar-refractivity contribution in [2.24, 2.45) is 5.92 Å². The number of hydrogen-bond acceptors (Lipinski definition) is 5. The minimum Gasteiger partial charge on any atom is -0.493 e. The molecule has 6 heteroatoms. The fourth-order valence-electron chi connectivity index (χ4n) is 3.53. The third-order valence-corrected chi connectivity index (χ3v) is 5.51. The quantitative estimate of drug-likeness (QED) is 0.762. The van der Waals surface area contributed by atoms with Crippen molar-refractivity contribution < 1.29 is 18.9 Å². The number of halogens is 1. The third kappa shape index (κ3) is 3.80. The van der Waals surface area contributed by atoms with Gasteiger partial charge in [-0.05, 0) is 48.1 Å². The first-order valence-corrected chi connectivity index (χ1v) is 9.61. The van der Waals surface area contributed by atoms with Crippen molar-refractivity contribution in [3.05, 3.63) is 46.5 Å². The second-order valence-electron chi connectivity index (χ2n) is 6.87. The molecule has 2 aromatic rings. The van der Waals surface area contributed by atoms with Crippen LogP contribution in [0.15, 0.2) is 30.3 Å². The van der Waals surface area contributed by atoms with Gasteiger partial charge in [0.05, 0.1) is 19.2 Å². The van der Waals surface area contributed by atoms with Gasteiger partial charge in [-0.25, -0.2) is 0 Å². The molecule has 1 saturated carbocycles. The van der Waals surface area contributed by atoms with Crippen LogP contribution in [-0.4, -0.2) is 27.4 Å². The maximum Gasteiger partial charge on any atom is 0.179 e. The summed E-state index contributed by atoms with van der Waals surface area (Å²) in [5.41, 5.74) is 2.20. The minimum absolute atomic E-state index is 0.255. The van der Waals surface area contributed by atoms with E-state index in [1.165, 1.54) is 18.4 Å². The highest BCUT2D eigenvalue weighted by Gasteiger charge is 2.33. The number of nitrogens with one attached hydrogen (secondary N) is 1. The van der Waals surface area contributed by atoms with Crippen molar-refractivity contribution in [1.29, 1.82) is 0 Å². The predicted molar refractivity (Wildman–Crippen MR) is 104 cm³/mol. The monoisotopic (exact) mass is 389 g/mol. The van der Waals surface area contributed by atoms with Crippen molar-refractivity contribution in [2.75, 3.05) is 27.4 Å². The van der Waals surface area contributed by atoms with Gasteiger partial charge in [-0.2, -0.15) is 0 Å². The molecule has 1 heterocycles. The lowest BCUT2D eigenvalue weighted by atomic mass is 10.0. The van der Waals surface area contributed by atoms with Crippen LogP contribution in [0, 0.1) is 5.92 Å². The van der Waals surface area contributed by atoms with E-state index >= 15 is 0 Å². The second-order valence-corrected chi connectivity index (χ2v) is 7.25. The smallest absolute Gasteiger partial charge is 0.179 e. The zero-order chi connectivity index (χ0) is 18.8. The van der Waals surface area contributed by atoms with Crippen LogP contribution in [0.5, 0.6) is 23.0 Å². The molecule has 0 radical (unpaired) electrons. The highest BCUT2D eigenvalue weighted by Crippen LogP contribution is 2.44. The van der Waals surface area contributed by atoms with Gasteiger partial charge < -0.3 is 24.3 Å². The first-order valence-electron chi connectivity index (χ1n) is 9.23. The van der Waals surface area contributed by atoms with Crippen molar-refractivity contribution in [3.63, 3.8) is 0 Å². The standard InChI is InChI=1S/C21H24ClNO4/c1-24-17-8-6-15(19(22)21(17)25-2)12-23-20(13-3-4-13)14-5-7-16-18(11-14)27-10-9-26-16/h5-8,11,13,20,23H,3-4,9-10,12H2,1-2H3. The predicted octanol–water partition coefficient (Wildman–Crippen LogP) is 4.37. The second kappa shape index (κ2) is 7.87. The summed E-state index contributed by atoms with van der Waals surface area (Å²) in [4.78, 5) is 0. The summed E-state index contributed by atoms with van der Waals surface area (Å²) < 4.78 is 22.1. The van der Waals surface area contributed by atoms with Crippen LogP contribution in [-0.2, 0) is 6.54 Å². The summed E-state index contributed by atoms with van der Waals surface area (Å²) in [6.45, 7) is 1.85. The fourth-order valence-corrected chi connectivity index (χ4v) is 3.83. The van der Waals surface area contributed by atoms with Crippen molar-refractivity contribution in [1.82, 2.24) is 5.32 Å². The molecule has 1 aliphatic carbocycles. The van der Waals surface area contributed by atoms with Crippen molar-refractivity contribution in [2.45, 2.75) is 25.4 Å². The maximum atomic E-state index is 6.53. The van der Waals surface area contributed by atoms with E-state index in [-0.39, 0.29) is 6.04 Å². The highest BCUT2D eigenvalue weighted by atomic mass is 35.5. The van der Waals surface area contributed by atoms with Crippen LogP contribution >= 0.6 is 11.6 Å². The molecule has 0 saturated heterocycles. The van der Waals surface area contributed by atoms with Gasteiger partial charge in [-0.1, -0.05) is 23.7 Å². The van der Waals surface area contributed by atoms with E-state index in [4.69, 9.17) is 30.5 Å². The number of benzene rings is 2. The lowest BCUT2D eigenvalue weighted by Gasteiger charge is -2.23. The molecular formula is C21H24ClNO4. The Morgan fingerprint density at radius 1 is 1.07 bits per heavy atom. The van der Waals surface area contributed by atoms with Crippen LogP contribution in [0.3, 0.4) is 0 Å². The van der Waals surface area contributed by atoms with Crippen LogP contribution in [0.4, 0.5) is 0 Å². The van der Waals surface area contributed by atoms with Gasteiger partial charge in [0.25, 0.3) is 0 Å². The minimum atomic E-state index is 0.255. The molecule has 4 rings (SSSR count). The molecule has 1 aliphatic heterocycles. The van der Waals surface area contributed by atoms with E-state index in [0.717, 1.165) is 17.1 Å². The van der Waals surface area contributed by atoms with Gasteiger partial charge in [0.2, 0.25) is 0 Å². The van der Waals surface area contributed by atoms with E-state index in [0.29, 0.717) is 42.2 Å². The molecule has 27 heavy (non-hydrogen) atoms. The molecule has 2 aliphatic rings. The molecule has 0 amide bonds. The summed E-state index contributed by atoms with van der Waals surface area (Å²) in [6.07, 6.45) is 2.46. The average molecular weight is 390 g/mol. The van der Waals surface area contributed by atoms with Gasteiger partial charge in [0.1, 0.15) is 13.2 Å². The molecule has 1 unspecified atom stereocenters. The normalized spacial score (nSPS) is 16.7. The summed E-state index contributed by atoms with van der Waals surface area (Å²) in [7, 11) is 3.21. The number of rotatable bonds is 7. The van der Waals surface area contributed by atoms with E-state index < -0.39 is 0 Å². The van der Waals surface area contributed by atoms with Gasteiger partial charge >= 0.3 is 0 Å². The average Bonchev–Trinajstić information content (AvgIpc) is 3.54. The van der Waals surface area contributed by atoms with Gasteiger partial charge in [0.15, 0.2) is 23.0 Å². The van der Waals surface area contributed by atoms with Crippen LogP contribution in [0.2, 0.25) is 5.02 Å². The Labute approximate surface area is 164 Å². The number of fused-ring (bicyclic) bond motifs is 1. The van der Waals surface area contributed by atoms with Crippen molar-refractivity contribution in [3.8, 4) is 23.0 Å². The fraction of sp³-hybridized carbons (Fsp3) is 0.429. The Hall–Kier alpha value is -2.11. The van der Waals surface area contributed by atoms with E-state index in [9.17, 15) is 0 Å². The Morgan fingerprint density at radius 3 is 2.56 bits per heavy atom. The zero-order valence-corrected chi connectivity index (χ0v) is 16.3. The molecule has 1 atom stereocenters. The summed E-state index contributed by atoms with van der Waals surface area (Å²) in [5, 5.41) is 4.26. The number of ether oxygens (including phenoxy) is 4. The number of hydrogen-bond donors (Lipinski definition) is 1. The zero-order valence-electron chi connectivity index (χ0n) is 15.6. The largest absolute Gasteiger partial charge is 0.493 e. The molecule has 0 bridgehead atoms. The highest BCUT2D eigenvalue weighted by molar-refractivity contribution is 6.33. The summed E-state index contributed by atoms with van der Waals surface area (Å²) >= 11 is 6.53. The number of methoxy groups -OCH3 is 2. The Balaban J connectivity index is 1.53. The molecule has 0 spiro atoms. The first kappa shape index (κ1) is 18.3. The topological polar surface area (TPSA) is 49.0 Å². The lowest BCUT2D eigenvalue weighted by Crippen LogP contribution is -2.23. The summed E-state index contributed by atoms with van der Waals surface area (Å²) in [5.74, 6) is 3.49. The molecule has 1 fully saturated rings.